The van der Waals surface area contributed by atoms with Crippen LogP contribution in [0.2, 0.25) is 5.02 Å². The van der Waals surface area contributed by atoms with E-state index < -0.39 is 0 Å². The van der Waals surface area contributed by atoms with Gasteiger partial charge in [-0.15, -0.1) is 0 Å². The van der Waals surface area contributed by atoms with Crippen molar-refractivity contribution in [1.82, 2.24) is 15.0 Å². The summed E-state index contributed by atoms with van der Waals surface area (Å²) in [7, 11) is 0. The number of hydrogen-bond acceptors (Lipinski definition) is 3. The van der Waals surface area contributed by atoms with Gasteiger partial charge in [-0.1, -0.05) is 17.7 Å². The van der Waals surface area contributed by atoms with Crippen LogP contribution in [0.3, 0.4) is 0 Å². The fourth-order valence-electron chi connectivity index (χ4n) is 1.69. The number of aromatic nitrogens is 3. The lowest BCUT2D eigenvalue weighted by Gasteiger charge is -1.94. The van der Waals surface area contributed by atoms with Crippen molar-refractivity contribution in [2.24, 2.45) is 0 Å². The first kappa shape index (κ1) is 10.1. The third-order valence-electron chi connectivity index (χ3n) is 2.51. The lowest BCUT2D eigenvalue weighted by atomic mass is 10.3. The number of benzene rings is 1. The molecule has 0 spiro atoms. The maximum atomic E-state index is 5.85. The minimum atomic E-state index is 0.601. The molecule has 0 aliphatic rings. The van der Waals surface area contributed by atoms with Crippen LogP contribution in [-0.4, -0.2) is 15.0 Å². The first-order valence-corrected chi connectivity index (χ1v) is 5.48. The van der Waals surface area contributed by atoms with Gasteiger partial charge in [0, 0.05) is 6.20 Å². The number of nitrogens with one attached hydrogen (secondary N) is 1. The van der Waals surface area contributed by atoms with Gasteiger partial charge in [0.15, 0.2) is 5.82 Å². The molecule has 0 amide bonds. The standard InChI is InChI=1S/C12H9ClN4/c13-7-4-5-10(15-6-7)12-16-9-3-1-2-8(14)11(9)17-12/h1-6H,14H2,(H,16,17). The zero-order valence-corrected chi connectivity index (χ0v) is 9.57. The zero-order valence-electron chi connectivity index (χ0n) is 8.81. The number of fused-ring (bicyclic) bond motifs is 1. The Kier molecular flexibility index (Phi) is 2.23. The monoisotopic (exact) mass is 244 g/mol. The molecule has 3 N–H and O–H groups in total. The topological polar surface area (TPSA) is 67.6 Å². The van der Waals surface area contributed by atoms with E-state index in [9.17, 15) is 0 Å². The second-order valence-electron chi connectivity index (χ2n) is 3.69. The van der Waals surface area contributed by atoms with E-state index in [-0.39, 0.29) is 0 Å². The number of nitrogens with two attached hydrogens (primary N) is 1. The fraction of sp³-hybridized carbons (Fsp3) is 0. The van der Waals surface area contributed by atoms with Crippen LogP contribution >= 0.6 is 11.6 Å². The Labute approximate surface area is 102 Å². The molecule has 3 aromatic rings. The highest BCUT2D eigenvalue weighted by molar-refractivity contribution is 6.30. The molecule has 1 aromatic carbocycles. The van der Waals surface area contributed by atoms with Gasteiger partial charge >= 0.3 is 0 Å². The Morgan fingerprint density at radius 1 is 1.18 bits per heavy atom. The SMILES string of the molecule is Nc1cccc2[nH]c(-c3ccc(Cl)cn3)nc12. The third kappa shape index (κ3) is 1.72. The van der Waals surface area contributed by atoms with Gasteiger partial charge in [0.1, 0.15) is 11.2 Å². The Hall–Kier alpha value is -2.07. The van der Waals surface area contributed by atoms with Crippen LogP contribution in [0, 0.1) is 0 Å². The van der Waals surface area contributed by atoms with E-state index >= 15 is 0 Å². The summed E-state index contributed by atoms with van der Waals surface area (Å²) >= 11 is 5.79. The predicted molar refractivity (Wildman–Crippen MR) is 68.7 cm³/mol. The number of rotatable bonds is 1. The van der Waals surface area contributed by atoms with Crippen molar-refractivity contribution in [2.75, 3.05) is 5.73 Å². The van der Waals surface area contributed by atoms with Crippen LogP contribution in [0.15, 0.2) is 36.5 Å². The van der Waals surface area contributed by atoms with Crippen molar-refractivity contribution in [3.05, 3.63) is 41.6 Å². The van der Waals surface area contributed by atoms with E-state index in [0.29, 0.717) is 16.5 Å². The number of nitrogen functional groups attached to an aromatic ring is 1. The van der Waals surface area contributed by atoms with Gasteiger partial charge in [0.25, 0.3) is 0 Å². The molecule has 0 aliphatic carbocycles. The Balaban J connectivity index is 2.18. The fourth-order valence-corrected chi connectivity index (χ4v) is 1.80. The normalized spacial score (nSPS) is 10.9. The van der Waals surface area contributed by atoms with Gasteiger partial charge in [-0.3, -0.25) is 4.98 Å². The quantitative estimate of drug-likeness (QED) is 0.647. The Bertz CT molecular complexity index is 673. The molecule has 17 heavy (non-hydrogen) atoms. The van der Waals surface area contributed by atoms with Gasteiger partial charge < -0.3 is 10.7 Å². The van der Waals surface area contributed by atoms with E-state index in [2.05, 4.69) is 15.0 Å². The summed E-state index contributed by atoms with van der Waals surface area (Å²) in [6.07, 6.45) is 1.59. The molecule has 4 nitrogen and oxygen atoms in total. The van der Waals surface area contributed by atoms with E-state index in [4.69, 9.17) is 17.3 Å². The van der Waals surface area contributed by atoms with Gasteiger partial charge in [-0.25, -0.2) is 4.98 Å². The highest BCUT2D eigenvalue weighted by Gasteiger charge is 2.07. The van der Waals surface area contributed by atoms with Gasteiger partial charge in [-0.2, -0.15) is 0 Å². The highest BCUT2D eigenvalue weighted by atomic mass is 35.5. The summed E-state index contributed by atoms with van der Waals surface area (Å²) in [6, 6.07) is 9.23. The number of nitrogens with zero attached hydrogens (tertiary/aromatic N) is 2. The van der Waals surface area contributed by atoms with Crippen molar-refractivity contribution in [2.45, 2.75) is 0 Å². The summed E-state index contributed by atoms with van der Waals surface area (Å²) in [5, 5.41) is 0.601. The number of para-hydroxylation sites is 1. The molecule has 0 radical (unpaired) electrons. The van der Waals surface area contributed by atoms with E-state index in [1.807, 2.05) is 24.3 Å². The molecular weight excluding hydrogens is 236 g/mol. The van der Waals surface area contributed by atoms with Crippen molar-refractivity contribution in [1.29, 1.82) is 0 Å². The van der Waals surface area contributed by atoms with Crippen LogP contribution in [0.4, 0.5) is 5.69 Å². The first-order chi connectivity index (χ1) is 8.24. The molecular formula is C12H9ClN4. The molecule has 0 aliphatic heterocycles. The molecule has 5 heteroatoms. The van der Waals surface area contributed by atoms with Crippen LogP contribution in [0.25, 0.3) is 22.6 Å². The molecule has 3 rings (SSSR count). The Morgan fingerprint density at radius 2 is 2.06 bits per heavy atom. The van der Waals surface area contributed by atoms with Crippen LogP contribution in [-0.2, 0) is 0 Å². The van der Waals surface area contributed by atoms with Crippen molar-refractivity contribution in [3.63, 3.8) is 0 Å². The molecule has 0 saturated carbocycles. The van der Waals surface area contributed by atoms with Crippen molar-refractivity contribution < 1.29 is 0 Å². The zero-order chi connectivity index (χ0) is 11.8. The van der Waals surface area contributed by atoms with Crippen LogP contribution in [0.5, 0.6) is 0 Å². The minimum Gasteiger partial charge on any atom is -0.397 e. The van der Waals surface area contributed by atoms with Gasteiger partial charge in [0.2, 0.25) is 0 Å². The van der Waals surface area contributed by atoms with E-state index in [0.717, 1.165) is 16.7 Å². The van der Waals surface area contributed by atoms with Crippen LogP contribution < -0.4 is 5.73 Å². The summed E-state index contributed by atoms with van der Waals surface area (Å²) in [5.41, 5.74) is 8.90. The lowest BCUT2D eigenvalue weighted by molar-refractivity contribution is 1.24. The number of halogens is 1. The molecule has 0 unspecified atom stereocenters. The van der Waals surface area contributed by atoms with Crippen LogP contribution in [0.1, 0.15) is 0 Å². The number of aromatic amines is 1. The average molecular weight is 245 g/mol. The number of anilines is 1. The number of pyridine rings is 1. The smallest absolute Gasteiger partial charge is 0.157 e. The molecule has 2 aromatic heterocycles. The number of imidazole rings is 1. The molecule has 84 valence electrons. The maximum Gasteiger partial charge on any atom is 0.157 e. The average Bonchev–Trinajstić information content (AvgIpc) is 2.75. The van der Waals surface area contributed by atoms with Gasteiger partial charge in [0.05, 0.1) is 16.2 Å². The summed E-state index contributed by atoms with van der Waals surface area (Å²) in [4.78, 5) is 11.8. The molecule has 0 fully saturated rings. The van der Waals surface area contributed by atoms with Gasteiger partial charge in [-0.05, 0) is 24.3 Å². The lowest BCUT2D eigenvalue weighted by Crippen LogP contribution is -1.86. The third-order valence-corrected chi connectivity index (χ3v) is 2.74. The first-order valence-electron chi connectivity index (χ1n) is 5.10. The summed E-state index contributed by atoms with van der Waals surface area (Å²) in [5.74, 6) is 0.689. The Morgan fingerprint density at radius 3 is 2.76 bits per heavy atom. The van der Waals surface area contributed by atoms with Crippen molar-refractivity contribution in [3.8, 4) is 11.5 Å². The highest BCUT2D eigenvalue weighted by Crippen LogP contribution is 2.23. The second-order valence-corrected chi connectivity index (χ2v) is 4.13. The largest absolute Gasteiger partial charge is 0.397 e. The van der Waals surface area contributed by atoms with Crippen molar-refractivity contribution >= 4 is 28.3 Å². The predicted octanol–water partition coefficient (Wildman–Crippen LogP) is 2.86. The number of hydrogen-bond donors (Lipinski definition) is 2. The molecule has 0 bridgehead atoms. The number of H-pyrrole nitrogens is 1. The van der Waals surface area contributed by atoms with E-state index in [1.54, 1.807) is 12.3 Å². The summed E-state index contributed by atoms with van der Waals surface area (Å²) < 4.78 is 0. The molecule has 2 heterocycles. The minimum absolute atomic E-state index is 0.601. The molecule has 0 atom stereocenters. The molecule has 0 saturated heterocycles. The second kappa shape index (κ2) is 3.75. The van der Waals surface area contributed by atoms with E-state index in [1.165, 1.54) is 0 Å². The maximum absolute atomic E-state index is 5.85. The summed E-state index contributed by atoms with van der Waals surface area (Å²) in [6.45, 7) is 0.